The lowest BCUT2D eigenvalue weighted by molar-refractivity contribution is 0.214. The lowest BCUT2D eigenvalue weighted by Gasteiger charge is -2.23. The highest BCUT2D eigenvalue weighted by molar-refractivity contribution is 7.99. The van der Waals surface area contributed by atoms with Gasteiger partial charge in [0.15, 0.2) is 0 Å². The molecule has 1 aliphatic rings. The Hall–Kier alpha value is -1.84. The summed E-state index contributed by atoms with van der Waals surface area (Å²) in [5.74, 6) is 0. The molecule has 2 aromatic carbocycles. The average molecular weight is 281 g/mol. The Bertz CT molecular complexity index is 635. The van der Waals surface area contributed by atoms with Crippen molar-refractivity contribution in [1.29, 1.82) is 0 Å². The van der Waals surface area contributed by atoms with Gasteiger partial charge in [-0.2, -0.15) is 0 Å². The van der Waals surface area contributed by atoms with Crippen LogP contribution in [0.15, 0.2) is 65.1 Å². The Morgan fingerprint density at radius 1 is 0.900 bits per heavy atom. The average Bonchev–Trinajstić information content (AvgIpc) is 2.55. The molecule has 0 fully saturated rings. The van der Waals surface area contributed by atoms with Crippen LogP contribution in [0, 0.1) is 0 Å². The van der Waals surface area contributed by atoms with E-state index in [1.54, 1.807) is 7.11 Å². The van der Waals surface area contributed by atoms with Crippen LogP contribution < -0.4 is 0 Å². The van der Waals surface area contributed by atoms with E-state index in [1.807, 2.05) is 42.6 Å². The van der Waals surface area contributed by atoms with Gasteiger partial charge in [0.25, 0.3) is 0 Å². The molecule has 0 aliphatic carbocycles. The Morgan fingerprint density at radius 3 is 2.10 bits per heavy atom. The molecule has 100 valence electrons. The molecule has 1 heterocycles. The number of benzene rings is 2. The van der Waals surface area contributed by atoms with E-state index >= 15 is 0 Å². The smallest absolute Gasteiger partial charge is 0.150 e. The first-order chi connectivity index (χ1) is 9.90. The third kappa shape index (κ3) is 2.55. The first-order valence-electron chi connectivity index (χ1n) is 6.47. The molecule has 1 atom stereocenters. The second-order valence-corrected chi connectivity index (χ2v) is 5.32. The summed E-state index contributed by atoms with van der Waals surface area (Å²) in [5.41, 5.74) is 4.58. The van der Waals surface area contributed by atoms with E-state index in [0.29, 0.717) is 0 Å². The van der Waals surface area contributed by atoms with Crippen molar-refractivity contribution in [3.05, 3.63) is 71.8 Å². The molecule has 0 aromatic heterocycles. The first kappa shape index (κ1) is 13.2. The lowest BCUT2D eigenvalue weighted by Crippen LogP contribution is -2.13. The highest BCUT2D eigenvalue weighted by Crippen LogP contribution is 2.38. The second-order valence-electron chi connectivity index (χ2n) is 4.47. The van der Waals surface area contributed by atoms with Gasteiger partial charge in [-0.1, -0.05) is 60.7 Å². The van der Waals surface area contributed by atoms with E-state index in [2.05, 4.69) is 28.7 Å². The molecule has 2 nitrogen and oxygen atoms in total. The molecule has 0 saturated heterocycles. The summed E-state index contributed by atoms with van der Waals surface area (Å²) in [6.45, 7) is 0. The third-order valence-electron chi connectivity index (χ3n) is 3.25. The van der Waals surface area contributed by atoms with E-state index < -0.39 is 0 Å². The molecule has 0 saturated carbocycles. The van der Waals surface area contributed by atoms with Crippen molar-refractivity contribution in [3.63, 3.8) is 0 Å². The molecule has 2 aromatic rings. The van der Waals surface area contributed by atoms with E-state index in [0.717, 1.165) is 11.1 Å². The maximum atomic E-state index is 5.60. The summed E-state index contributed by atoms with van der Waals surface area (Å²) in [6, 6.07) is 20.7. The number of ether oxygens (including phenoxy) is 1. The summed E-state index contributed by atoms with van der Waals surface area (Å²) < 4.78 is 9.97. The monoisotopic (exact) mass is 281 g/mol. The van der Waals surface area contributed by atoms with Crippen LogP contribution >= 0.6 is 11.9 Å². The SMILES string of the molecule is COC1SN=CC(c2ccccc2)=C1c1ccccc1. The van der Waals surface area contributed by atoms with Gasteiger partial charge in [-0.05, 0) is 11.1 Å². The highest BCUT2D eigenvalue weighted by atomic mass is 32.2. The Labute approximate surface area is 123 Å². The van der Waals surface area contributed by atoms with Gasteiger partial charge in [-0.25, -0.2) is 4.40 Å². The number of nitrogens with zero attached hydrogens (tertiary/aromatic N) is 1. The van der Waals surface area contributed by atoms with Gasteiger partial charge in [0.1, 0.15) is 5.44 Å². The van der Waals surface area contributed by atoms with Crippen LogP contribution in [0.2, 0.25) is 0 Å². The second kappa shape index (κ2) is 6.07. The van der Waals surface area contributed by atoms with Crippen LogP contribution in [-0.4, -0.2) is 18.8 Å². The van der Waals surface area contributed by atoms with Crippen molar-refractivity contribution in [1.82, 2.24) is 0 Å². The largest absolute Gasteiger partial charge is 0.364 e. The normalized spacial score (nSPS) is 18.4. The maximum absolute atomic E-state index is 5.60. The number of rotatable bonds is 3. The van der Waals surface area contributed by atoms with Crippen molar-refractivity contribution >= 4 is 29.3 Å². The van der Waals surface area contributed by atoms with Crippen molar-refractivity contribution in [3.8, 4) is 0 Å². The number of hydrogen-bond donors (Lipinski definition) is 0. The quantitative estimate of drug-likeness (QED) is 0.782. The van der Waals surface area contributed by atoms with Crippen LogP contribution in [0.5, 0.6) is 0 Å². The minimum Gasteiger partial charge on any atom is -0.364 e. The van der Waals surface area contributed by atoms with Gasteiger partial charge < -0.3 is 4.74 Å². The summed E-state index contributed by atoms with van der Waals surface area (Å²) in [4.78, 5) is 0. The van der Waals surface area contributed by atoms with Crippen LogP contribution in [0.1, 0.15) is 11.1 Å². The molecule has 0 bridgehead atoms. The number of methoxy groups -OCH3 is 1. The van der Waals surface area contributed by atoms with Gasteiger partial charge in [-0.15, -0.1) is 0 Å². The fourth-order valence-electron chi connectivity index (χ4n) is 2.31. The summed E-state index contributed by atoms with van der Waals surface area (Å²) in [5, 5.41) is 0. The van der Waals surface area contributed by atoms with Crippen molar-refractivity contribution in [2.75, 3.05) is 7.11 Å². The van der Waals surface area contributed by atoms with Gasteiger partial charge in [0.2, 0.25) is 0 Å². The summed E-state index contributed by atoms with van der Waals surface area (Å²) in [7, 11) is 1.73. The zero-order chi connectivity index (χ0) is 13.8. The van der Waals surface area contributed by atoms with Crippen molar-refractivity contribution < 1.29 is 4.74 Å². The minimum absolute atomic E-state index is 0.0717. The van der Waals surface area contributed by atoms with Crippen LogP contribution in [0.25, 0.3) is 11.1 Å². The zero-order valence-electron chi connectivity index (χ0n) is 11.2. The molecule has 0 radical (unpaired) electrons. The van der Waals surface area contributed by atoms with Gasteiger partial charge >= 0.3 is 0 Å². The summed E-state index contributed by atoms with van der Waals surface area (Å²) in [6.07, 6.45) is 1.93. The Morgan fingerprint density at radius 2 is 1.50 bits per heavy atom. The maximum Gasteiger partial charge on any atom is 0.150 e. The van der Waals surface area contributed by atoms with Crippen LogP contribution in [0.3, 0.4) is 0 Å². The third-order valence-corrected chi connectivity index (χ3v) is 4.09. The predicted octanol–water partition coefficient (Wildman–Crippen LogP) is 4.30. The Balaban J connectivity index is 2.18. The van der Waals surface area contributed by atoms with E-state index in [1.165, 1.54) is 23.1 Å². The number of allylic oxidation sites excluding steroid dienone is 1. The molecule has 1 aliphatic heterocycles. The zero-order valence-corrected chi connectivity index (χ0v) is 12.0. The highest BCUT2D eigenvalue weighted by Gasteiger charge is 2.23. The molecule has 3 rings (SSSR count). The lowest BCUT2D eigenvalue weighted by atomic mass is 9.95. The van der Waals surface area contributed by atoms with Crippen molar-refractivity contribution in [2.24, 2.45) is 4.40 Å². The van der Waals surface area contributed by atoms with E-state index in [4.69, 9.17) is 4.74 Å². The molecule has 0 spiro atoms. The Kier molecular flexibility index (Phi) is 4.00. The van der Waals surface area contributed by atoms with Crippen LogP contribution in [-0.2, 0) is 4.74 Å². The summed E-state index contributed by atoms with van der Waals surface area (Å²) >= 11 is 1.45. The molecular weight excluding hydrogens is 266 g/mol. The molecule has 0 amide bonds. The van der Waals surface area contributed by atoms with Gasteiger partial charge in [0.05, 0.1) is 0 Å². The minimum atomic E-state index is -0.0717. The molecule has 1 unspecified atom stereocenters. The van der Waals surface area contributed by atoms with Gasteiger partial charge in [0, 0.05) is 36.4 Å². The van der Waals surface area contributed by atoms with Crippen LogP contribution in [0.4, 0.5) is 0 Å². The fraction of sp³-hybridized carbons (Fsp3) is 0.118. The van der Waals surface area contributed by atoms with Gasteiger partial charge in [-0.3, -0.25) is 0 Å². The van der Waals surface area contributed by atoms with Crippen molar-refractivity contribution in [2.45, 2.75) is 5.44 Å². The molecule has 20 heavy (non-hydrogen) atoms. The molecular formula is C17H15NOS. The molecule has 3 heteroatoms. The first-order valence-corrected chi connectivity index (χ1v) is 7.31. The number of hydrogen-bond acceptors (Lipinski definition) is 3. The van der Waals surface area contributed by atoms with E-state index in [-0.39, 0.29) is 5.44 Å². The fourth-order valence-corrected chi connectivity index (χ4v) is 3.04. The van der Waals surface area contributed by atoms with E-state index in [9.17, 15) is 0 Å². The standard InChI is InChI=1S/C17H15NOS/c1-19-17-16(14-10-6-3-7-11-14)15(12-18-20-17)13-8-4-2-5-9-13/h2-12,17H,1H3. The molecule has 0 N–H and O–H groups in total. The predicted molar refractivity (Wildman–Crippen MR) is 86.6 cm³/mol. The topological polar surface area (TPSA) is 21.6 Å².